The SMILES string of the molecule is COC(=O)c1c(-c2cc(C)ccc2C)csc1NC(=O)CSc1nnc(-c2ccoc2C)n1CC1CCCO1. The second kappa shape index (κ2) is 11.8. The van der Waals surface area contributed by atoms with Crippen LogP contribution in [0.4, 0.5) is 5.00 Å². The number of anilines is 1. The molecule has 11 heteroatoms. The summed E-state index contributed by atoms with van der Waals surface area (Å²) in [6.45, 7) is 7.21. The predicted octanol–water partition coefficient (Wildman–Crippen LogP) is 5.89. The molecule has 1 aromatic carbocycles. The van der Waals surface area contributed by atoms with Gasteiger partial charge in [-0.3, -0.25) is 9.36 Å². The molecule has 4 aromatic rings. The molecule has 1 fully saturated rings. The van der Waals surface area contributed by atoms with E-state index in [9.17, 15) is 9.59 Å². The Balaban J connectivity index is 1.36. The lowest BCUT2D eigenvalue weighted by Gasteiger charge is -2.14. The monoisotopic (exact) mass is 566 g/mol. The molecule has 0 bridgehead atoms. The third-order valence-electron chi connectivity index (χ3n) is 6.68. The minimum atomic E-state index is -0.494. The summed E-state index contributed by atoms with van der Waals surface area (Å²) in [5.74, 6) is 0.770. The first-order valence-electron chi connectivity index (χ1n) is 12.6. The molecule has 1 amide bonds. The van der Waals surface area contributed by atoms with Crippen LogP contribution >= 0.6 is 23.1 Å². The molecule has 1 saturated heterocycles. The van der Waals surface area contributed by atoms with Crippen molar-refractivity contribution in [2.75, 3.05) is 24.8 Å². The number of ether oxygens (including phenoxy) is 2. The summed E-state index contributed by atoms with van der Waals surface area (Å²) in [6.07, 6.45) is 3.68. The van der Waals surface area contributed by atoms with Gasteiger partial charge in [0.1, 0.15) is 16.3 Å². The average molecular weight is 567 g/mol. The van der Waals surface area contributed by atoms with Gasteiger partial charge in [0.2, 0.25) is 5.91 Å². The summed E-state index contributed by atoms with van der Waals surface area (Å²) in [5, 5.41) is 14.7. The van der Waals surface area contributed by atoms with E-state index in [2.05, 4.69) is 15.5 Å². The summed E-state index contributed by atoms with van der Waals surface area (Å²) >= 11 is 2.59. The molecule has 9 nitrogen and oxygen atoms in total. The van der Waals surface area contributed by atoms with Gasteiger partial charge in [0.15, 0.2) is 11.0 Å². The molecule has 0 aliphatic carbocycles. The van der Waals surface area contributed by atoms with Crippen LogP contribution in [0.15, 0.2) is 45.5 Å². The van der Waals surface area contributed by atoms with Crippen molar-refractivity contribution < 1.29 is 23.5 Å². The van der Waals surface area contributed by atoms with Gasteiger partial charge in [-0.15, -0.1) is 21.5 Å². The van der Waals surface area contributed by atoms with Gasteiger partial charge in [0, 0.05) is 17.6 Å². The maximum absolute atomic E-state index is 13.1. The van der Waals surface area contributed by atoms with Crippen molar-refractivity contribution in [2.45, 2.75) is 51.4 Å². The van der Waals surface area contributed by atoms with Crippen molar-refractivity contribution in [3.63, 3.8) is 0 Å². The molecule has 5 rings (SSSR count). The number of methoxy groups -OCH3 is 1. The molecule has 39 heavy (non-hydrogen) atoms. The number of carbonyl (C=O) groups excluding carboxylic acids is 2. The van der Waals surface area contributed by atoms with Crippen molar-refractivity contribution >= 4 is 40.0 Å². The highest BCUT2D eigenvalue weighted by atomic mass is 32.2. The van der Waals surface area contributed by atoms with Crippen LogP contribution in [0.1, 0.15) is 40.1 Å². The Morgan fingerprint density at radius 2 is 2.03 bits per heavy atom. The Labute approximate surface area is 234 Å². The van der Waals surface area contributed by atoms with Crippen molar-refractivity contribution in [1.82, 2.24) is 14.8 Å². The highest BCUT2D eigenvalue weighted by molar-refractivity contribution is 7.99. The lowest BCUT2D eigenvalue weighted by atomic mass is 9.97. The fraction of sp³-hybridized carbons (Fsp3) is 0.357. The number of esters is 1. The van der Waals surface area contributed by atoms with Gasteiger partial charge in [0.25, 0.3) is 0 Å². The van der Waals surface area contributed by atoms with Gasteiger partial charge in [-0.05, 0) is 50.8 Å². The van der Waals surface area contributed by atoms with Crippen LogP contribution in [0.2, 0.25) is 0 Å². The van der Waals surface area contributed by atoms with Crippen LogP contribution in [-0.2, 0) is 20.8 Å². The summed E-state index contributed by atoms with van der Waals surface area (Å²) < 4.78 is 18.4. The highest BCUT2D eigenvalue weighted by Gasteiger charge is 2.25. The third-order valence-corrected chi connectivity index (χ3v) is 8.54. The summed E-state index contributed by atoms with van der Waals surface area (Å²) in [6, 6.07) is 7.95. The molecule has 1 unspecified atom stereocenters. The van der Waals surface area contributed by atoms with Crippen LogP contribution in [-0.4, -0.2) is 52.2 Å². The molecule has 1 aliphatic heterocycles. The van der Waals surface area contributed by atoms with Gasteiger partial charge in [-0.1, -0.05) is 35.5 Å². The molecule has 204 valence electrons. The van der Waals surface area contributed by atoms with E-state index >= 15 is 0 Å². The number of aromatic nitrogens is 3. The fourth-order valence-corrected chi connectivity index (χ4v) is 6.35. The van der Waals surface area contributed by atoms with Crippen molar-refractivity contribution in [1.29, 1.82) is 0 Å². The van der Waals surface area contributed by atoms with Gasteiger partial charge < -0.3 is 19.2 Å². The molecule has 1 N–H and O–H groups in total. The normalized spacial score (nSPS) is 15.0. The molecule has 4 heterocycles. The van der Waals surface area contributed by atoms with E-state index < -0.39 is 5.97 Å². The largest absolute Gasteiger partial charge is 0.469 e. The van der Waals surface area contributed by atoms with Crippen molar-refractivity contribution in [3.05, 3.63) is 58.4 Å². The van der Waals surface area contributed by atoms with E-state index in [1.54, 1.807) is 6.26 Å². The molecule has 1 aliphatic rings. The number of furan rings is 1. The minimum absolute atomic E-state index is 0.0670. The Morgan fingerprint density at radius 1 is 1.18 bits per heavy atom. The summed E-state index contributed by atoms with van der Waals surface area (Å²) in [7, 11) is 1.34. The van der Waals surface area contributed by atoms with Crippen LogP contribution in [0.3, 0.4) is 0 Å². The number of thiophene rings is 1. The van der Waals surface area contributed by atoms with E-state index in [4.69, 9.17) is 13.9 Å². The maximum Gasteiger partial charge on any atom is 0.341 e. The van der Waals surface area contributed by atoms with Crippen LogP contribution in [0, 0.1) is 20.8 Å². The number of rotatable bonds is 9. The zero-order valence-corrected chi connectivity index (χ0v) is 23.9. The van der Waals surface area contributed by atoms with Crippen LogP contribution in [0.5, 0.6) is 0 Å². The molecule has 0 saturated carbocycles. The van der Waals surface area contributed by atoms with Gasteiger partial charge in [-0.25, -0.2) is 4.79 Å². The molecular formula is C28H30N4O5S2. The second-order valence-electron chi connectivity index (χ2n) is 9.44. The van der Waals surface area contributed by atoms with Crippen molar-refractivity contribution in [3.8, 4) is 22.5 Å². The number of hydrogen-bond acceptors (Lipinski definition) is 9. The molecule has 0 spiro atoms. The molecule has 0 radical (unpaired) electrons. The molecular weight excluding hydrogens is 536 g/mol. The molecule has 3 aromatic heterocycles. The Morgan fingerprint density at radius 3 is 2.74 bits per heavy atom. The number of hydrogen-bond donors (Lipinski definition) is 1. The molecule has 1 atom stereocenters. The van der Waals surface area contributed by atoms with E-state index in [0.717, 1.165) is 53.0 Å². The quantitative estimate of drug-likeness (QED) is 0.197. The fourth-order valence-electron chi connectivity index (χ4n) is 4.64. The van der Waals surface area contributed by atoms with E-state index in [1.165, 1.54) is 30.2 Å². The predicted molar refractivity (Wildman–Crippen MR) is 151 cm³/mol. The number of nitrogens with zero attached hydrogens (tertiary/aromatic N) is 3. The van der Waals surface area contributed by atoms with Gasteiger partial charge in [-0.2, -0.15) is 0 Å². The average Bonchev–Trinajstić information content (AvgIpc) is 3.73. The second-order valence-corrected chi connectivity index (χ2v) is 11.3. The zero-order chi connectivity index (χ0) is 27.5. The van der Waals surface area contributed by atoms with Crippen LogP contribution in [0.25, 0.3) is 22.5 Å². The number of nitrogens with one attached hydrogen (secondary N) is 1. The van der Waals surface area contributed by atoms with E-state index in [0.29, 0.717) is 28.1 Å². The topological polar surface area (TPSA) is 108 Å². The smallest absolute Gasteiger partial charge is 0.341 e. The Kier molecular flexibility index (Phi) is 8.20. The van der Waals surface area contributed by atoms with Gasteiger partial charge in [0.05, 0.1) is 37.3 Å². The highest BCUT2D eigenvalue weighted by Crippen LogP contribution is 2.38. The first-order chi connectivity index (χ1) is 18.9. The number of aryl methyl sites for hydroxylation is 3. The number of carbonyl (C=O) groups is 2. The number of amides is 1. The van der Waals surface area contributed by atoms with E-state index in [-0.39, 0.29) is 17.8 Å². The first-order valence-corrected chi connectivity index (χ1v) is 14.5. The Bertz CT molecular complexity index is 1500. The van der Waals surface area contributed by atoms with Crippen LogP contribution < -0.4 is 5.32 Å². The standard InChI is InChI=1S/C28H30N4O5S2/c1-16-7-8-17(2)21(12-16)22-14-38-26(24(22)27(34)35-4)29-23(33)15-39-28-31-30-25(20-9-11-36-18(20)3)32(28)13-19-6-5-10-37-19/h7-9,11-12,14,19H,5-6,10,13,15H2,1-4H3,(H,29,33). The first kappa shape index (κ1) is 27.2. The summed E-state index contributed by atoms with van der Waals surface area (Å²) in [4.78, 5) is 25.9. The third kappa shape index (κ3) is 5.80. The zero-order valence-electron chi connectivity index (χ0n) is 22.3. The van der Waals surface area contributed by atoms with Crippen molar-refractivity contribution in [2.24, 2.45) is 0 Å². The minimum Gasteiger partial charge on any atom is -0.469 e. The maximum atomic E-state index is 13.1. The lowest BCUT2D eigenvalue weighted by Crippen LogP contribution is -2.18. The van der Waals surface area contributed by atoms with Gasteiger partial charge >= 0.3 is 5.97 Å². The Hall–Kier alpha value is -3.41. The number of thioether (sulfide) groups is 1. The van der Waals surface area contributed by atoms with E-state index in [1.807, 2.05) is 55.0 Å². The summed E-state index contributed by atoms with van der Waals surface area (Å²) in [5.41, 5.74) is 5.01. The lowest BCUT2D eigenvalue weighted by molar-refractivity contribution is -0.113. The number of benzene rings is 1.